The first-order chi connectivity index (χ1) is 15.0. The van der Waals surface area contributed by atoms with E-state index >= 15 is 0 Å². The van der Waals surface area contributed by atoms with Gasteiger partial charge in [-0.1, -0.05) is 18.2 Å². The van der Waals surface area contributed by atoms with Crippen LogP contribution in [0.15, 0.2) is 45.6 Å². The highest BCUT2D eigenvalue weighted by atomic mass is 35.5. The Labute approximate surface area is 205 Å². The molecule has 4 rings (SSSR count). The first kappa shape index (κ1) is 26.6. The van der Waals surface area contributed by atoms with Gasteiger partial charge < -0.3 is 20.4 Å². The molecule has 1 unspecified atom stereocenters. The molecule has 0 spiro atoms. The number of para-hydroxylation sites is 1. The van der Waals surface area contributed by atoms with E-state index in [4.69, 9.17) is 4.42 Å². The molecule has 1 saturated heterocycles. The number of fused-ring (bicyclic) bond motifs is 1. The normalized spacial score (nSPS) is 15.3. The molecule has 1 aromatic carbocycles. The van der Waals surface area contributed by atoms with E-state index in [1.165, 1.54) is 0 Å². The molecule has 1 atom stereocenters. The lowest BCUT2D eigenvalue weighted by molar-refractivity contribution is 0.0950. The Morgan fingerprint density at radius 3 is 2.70 bits per heavy atom. The first-order valence-electron chi connectivity index (χ1n) is 10.8. The van der Waals surface area contributed by atoms with Crippen molar-refractivity contribution in [2.45, 2.75) is 32.6 Å². The van der Waals surface area contributed by atoms with Gasteiger partial charge in [-0.05, 0) is 57.0 Å². The second kappa shape index (κ2) is 12.0. The van der Waals surface area contributed by atoms with Gasteiger partial charge >= 0.3 is 5.63 Å². The van der Waals surface area contributed by atoms with Crippen LogP contribution in [0.2, 0.25) is 0 Å². The topological polar surface area (TPSA) is 96.3 Å². The Hall–Kier alpha value is -2.61. The molecule has 1 aliphatic rings. The number of carbonyl (C=O) groups excluding carboxylic acids is 1. The van der Waals surface area contributed by atoms with Crippen LogP contribution in [0.25, 0.3) is 10.9 Å². The molecule has 3 heterocycles. The van der Waals surface area contributed by atoms with Crippen molar-refractivity contribution in [3.05, 3.63) is 69.4 Å². The largest absolute Gasteiger partial charge is 0.427 e. The van der Waals surface area contributed by atoms with E-state index in [-0.39, 0.29) is 36.3 Å². The molecule has 1 fully saturated rings. The molecule has 9 heteroatoms. The van der Waals surface area contributed by atoms with Crippen LogP contribution in [0.1, 0.15) is 46.1 Å². The van der Waals surface area contributed by atoms with Gasteiger partial charge in [0.1, 0.15) is 11.3 Å². The molecule has 0 aliphatic carbocycles. The van der Waals surface area contributed by atoms with Crippen molar-refractivity contribution in [1.29, 1.82) is 0 Å². The number of carbonyl (C=O) groups is 1. The van der Waals surface area contributed by atoms with Crippen LogP contribution in [-0.2, 0) is 0 Å². The average Bonchev–Trinajstić information content (AvgIpc) is 2.76. The van der Waals surface area contributed by atoms with Gasteiger partial charge in [0.05, 0.1) is 5.52 Å². The van der Waals surface area contributed by atoms with Crippen LogP contribution >= 0.6 is 24.8 Å². The van der Waals surface area contributed by atoms with E-state index in [1.54, 1.807) is 6.92 Å². The molecule has 1 amide bonds. The molecule has 7 nitrogen and oxygen atoms in total. The summed E-state index contributed by atoms with van der Waals surface area (Å²) in [5.41, 5.74) is 2.98. The minimum Gasteiger partial charge on any atom is -0.427 e. The van der Waals surface area contributed by atoms with Gasteiger partial charge in [-0.2, -0.15) is 0 Å². The van der Waals surface area contributed by atoms with Crippen molar-refractivity contribution >= 4 is 47.3 Å². The molecule has 178 valence electrons. The summed E-state index contributed by atoms with van der Waals surface area (Å²) in [5, 5.41) is 10.5. The quantitative estimate of drug-likeness (QED) is 0.450. The zero-order valence-electron chi connectivity index (χ0n) is 18.8. The number of nitrogens with zero attached hydrogens (tertiary/aromatic N) is 1. The molecular formula is C24H30Cl2N4O3. The smallest absolute Gasteiger partial charge is 0.349 e. The summed E-state index contributed by atoms with van der Waals surface area (Å²) < 4.78 is 5.51. The summed E-state index contributed by atoms with van der Waals surface area (Å²) in [6.45, 7) is 6.42. The van der Waals surface area contributed by atoms with Crippen LogP contribution in [0, 0.1) is 13.8 Å². The number of pyridine rings is 1. The Kier molecular flexibility index (Phi) is 9.70. The van der Waals surface area contributed by atoms with E-state index in [0.717, 1.165) is 48.2 Å². The third-order valence-corrected chi connectivity index (χ3v) is 5.66. The highest BCUT2D eigenvalue weighted by Crippen LogP contribution is 2.24. The lowest BCUT2D eigenvalue weighted by Crippen LogP contribution is -2.34. The monoisotopic (exact) mass is 492 g/mol. The summed E-state index contributed by atoms with van der Waals surface area (Å²) in [6, 6.07) is 11.7. The Morgan fingerprint density at radius 2 is 1.97 bits per heavy atom. The number of hydrogen-bond acceptors (Lipinski definition) is 6. The van der Waals surface area contributed by atoms with Gasteiger partial charge in [0.15, 0.2) is 0 Å². The number of rotatable bonds is 6. The summed E-state index contributed by atoms with van der Waals surface area (Å²) in [7, 11) is 0. The van der Waals surface area contributed by atoms with E-state index in [2.05, 4.69) is 20.9 Å². The van der Waals surface area contributed by atoms with Crippen molar-refractivity contribution in [2.75, 3.05) is 31.5 Å². The molecule has 1 aliphatic heterocycles. The Bertz CT molecular complexity index is 1160. The Balaban J connectivity index is 0.00000193. The van der Waals surface area contributed by atoms with Crippen LogP contribution in [0.3, 0.4) is 0 Å². The first-order valence-corrected chi connectivity index (χ1v) is 10.8. The number of amides is 1. The van der Waals surface area contributed by atoms with Gasteiger partial charge in [-0.3, -0.25) is 9.78 Å². The number of anilines is 1. The number of nitrogens with one attached hydrogen (secondary N) is 3. The van der Waals surface area contributed by atoms with Crippen molar-refractivity contribution in [2.24, 2.45) is 0 Å². The highest BCUT2D eigenvalue weighted by Gasteiger charge is 2.22. The molecule has 0 bridgehead atoms. The maximum Gasteiger partial charge on any atom is 0.349 e. The predicted octanol–water partition coefficient (Wildman–Crippen LogP) is 3.96. The average molecular weight is 493 g/mol. The maximum atomic E-state index is 12.6. The SMILES string of the molecule is Cc1cc(NCCNC(=O)c2c(C)cc(C3CCCNC3)oc2=O)c2ccccc2n1.Cl.Cl. The lowest BCUT2D eigenvalue weighted by Gasteiger charge is -2.22. The maximum absolute atomic E-state index is 12.6. The minimum absolute atomic E-state index is 0. The van der Waals surface area contributed by atoms with E-state index in [1.807, 2.05) is 43.3 Å². The number of aromatic nitrogens is 1. The van der Waals surface area contributed by atoms with Crippen LogP contribution < -0.4 is 21.6 Å². The molecule has 3 aromatic rings. The van der Waals surface area contributed by atoms with E-state index < -0.39 is 11.5 Å². The van der Waals surface area contributed by atoms with Crippen molar-refractivity contribution in [3.8, 4) is 0 Å². The second-order valence-electron chi connectivity index (χ2n) is 8.05. The van der Waals surface area contributed by atoms with E-state index in [0.29, 0.717) is 24.4 Å². The number of aryl methyl sites for hydroxylation is 2. The fraction of sp³-hybridized carbons (Fsp3) is 0.375. The standard InChI is InChI=1S/C24H28N4O3.2ClH/c1-15-12-21(17-6-5-9-25-14-17)31-24(30)22(15)23(29)27-11-10-26-20-13-16(2)28-19-8-4-3-7-18(19)20;;/h3-4,7-8,12-13,17,25H,5-6,9-11,14H2,1-2H3,(H,26,28)(H,27,29);2*1H. The molecule has 0 radical (unpaired) electrons. The minimum atomic E-state index is -0.568. The zero-order valence-corrected chi connectivity index (χ0v) is 20.4. The van der Waals surface area contributed by atoms with Gasteiger partial charge in [0.2, 0.25) is 0 Å². The predicted molar refractivity (Wildman–Crippen MR) is 136 cm³/mol. The summed E-state index contributed by atoms with van der Waals surface area (Å²) >= 11 is 0. The molecule has 2 aromatic heterocycles. The number of halogens is 2. The van der Waals surface area contributed by atoms with Crippen LogP contribution in [0.5, 0.6) is 0 Å². The zero-order chi connectivity index (χ0) is 21.8. The molecule has 33 heavy (non-hydrogen) atoms. The summed E-state index contributed by atoms with van der Waals surface area (Å²) in [5.74, 6) is 0.435. The molecule has 0 saturated carbocycles. The summed E-state index contributed by atoms with van der Waals surface area (Å²) in [4.78, 5) is 29.7. The highest BCUT2D eigenvalue weighted by molar-refractivity contribution is 5.95. The van der Waals surface area contributed by atoms with Gasteiger partial charge in [-0.25, -0.2) is 4.79 Å². The second-order valence-corrected chi connectivity index (χ2v) is 8.05. The van der Waals surface area contributed by atoms with Crippen LogP contribution in [0.4, 0.5) is 5.69 Å². The summed E-state index contributed by atoms with van der Waals surface area (Å²) in [6.07, 6.45) is 2.03. The van der Waals surface area contributed by atoms with Gasteiger partial charge in [0.25, 0.3) is 5.91 Å². The third kappa shape index (κ3) is 6.25. The third-order valence-electron chi connectivity index (χ3n) is 5.66. The Morgan fingerprint density at radius 1 is 1.18 bits per heavy atom. The van der Waals surface area contributed by atoms with Crippen molar-refractivity contribution in [1.82, 2.24) is 15.6 Å². The molecular weight excluding hydrogens is 463 g/mol. The van der Waals surface area contributed by atoms with Gasteiger partial charge in [-0.15, -0.1) is 24.8 Å². The number of piperidine rings is 1. The fourth-order valence-corrected chi connectivity index (χ4v) is 4.12. The van der Waals surface area contributed by atoms with Crippen LogP contribution in [-0.4, -0.2) is 37.1 Å². The number of benzene rings is 1. The van der Waals surface area contributed by atoms with Gasteiger partial charge in [0, 0.05) is 42.3 Å². The van der Waals surface area contributed by atoms with E-state index in [9.17, 15) is 9.59 Å². The van der Waals surface area contributed by atoms with Crippen molar-refractivity contribution in [3.63, 3.8) is 0 Å². The lowest BCUT2D eigenvalue weighted by atomic mass is 9.95. The number of hydrogen-bond donors (Lipinski definition) is 3. The van der Waals surface area contributed by atoms with Crippen molar-refractivity contribution < 1.29 is 9.21 Å². The molecule has 3 N–H and O–H groups in total. The fourth-order valence-electron chi connectivity index (χ4n) is 4.12.